The van der Waals surface area contributed by atoms with E-state index in [1.54, 1.807) is 17.1 Å². The van der Waals surface area contributed by atoms with Gasteiger partial charge in [0, 0.05) is 16.5 Å². The molecule has 2 aliphatic rings. The molecule has 0 saturated carbocycles. The number of nitrogens with zero attached hydrogens (tertiary/aromatic N) is 3. The van der Waals surface area contributed by atoms with Gasteiger partial charge < -0.3 is 28.7 Å². The van der Waals surface area contributed by atoms with E-state index in [0.29, 0.717) is 63.8 Å². The quantitative estimate of drug-likeness (QED) is 0.431. The van der Waals surface area contributed by atoms with Gasteiger partial charge in [-0.3, -0.25) is 9.80 Å². The minimum atomic E-state index is -0.189. The van der Waals surface area contributed by atoms with E-state index in [4.69, 9.17) is 39.5 Å². The maximum absolute atomic E-state index is 13.1. The summed E-state index contributed by atoms with van der Waals surface area (Å²) in [4.78, 5) is 13.1. The number of hydrogen-bond donors (Lipinski definition) is 1. The summed E-state index contributed by atoms with van der Waals surface area (Å²) >= 11 is 18.6. The highest BCUT2D eigenvalue weighted by Crippen LogP contribution is 2.39. The first-order chi connectivity index (χ1) is 14.3. The Balaban J connectivity index is 0.00000272. The lowest BCUT2D eigenvalue weighted by atomic mass is 10.0. The zero-order chi connectivity index (χ0) is 21.3. The zero-order valence-corrected chi connectivity index (χ0v) is 21.2. The predicted octanol–water partition coefficient (Wildman–Crippen LogP) is 1.47. The van der Waals surface area contributed by atoms with Gasteiger partial charge in [0.2, 0.25) is 0 Å². The van der Waals surface area contributed by atoms with E-state index in [1.165, 1.54) is 0 Å². The van der Waals surface area contributed by atoms with Crippen molar-refractivity contribution in [3.63, 3.8) is 0 Å². The number of likely N-dealkylation sites (N-methyl/N-ethyl adjacent to an activating group) is 1. The highest BCUT2D eigenvalue weighted by atomic mass is 127. The third-order valence-corrected chi connectivity index (χ3v) is 6.20. The third-order valence-electron chi connectivity index (χ3n) is 5.41. The van der Waals surface area contributed by atoms with Crippen molar-refractivity contribution in [3.05, 3.63) is 63.1 Å². The number of quaternary nitrogens is 1. The number of amides is 1. The number of anilines is 1. The van der Waals surface area contributed by atoms with E-state index in [2.05, 4.69) is 10.5 Å². The van der Waals surface area contributed by atoms with E-state index in [0.717, 1.165) is 5.56 Å². The van der Waals surface area contributed by atoms with Crippen molar-refractivity contribution in [2.75, 3.05) is 38.4 Å². The van der Waals surface area contributed by atoms with Gasteiger partial charge in [-0.15, -0.1) is 0 Å². The second-order valence-electron chi connectivity index (χ2n) is 7.65. The highest BCUT2D eigenvalue weighted by molar-refractivity contribution is 6.40. The van der Waals surface area contributed by atoms with Crippen molar-refractivity contribution in [1.29, 1.82) is 0 Å². The Morgan fingerprint density at radius 3 is 2.39 bits per heavy atom. The SMILES string of the molecule is C[N+]1(NC(=O)C2=NN(c3ccc(Cl)cc3Cl)C(c3ccc(Cl)cc3)C2)CCOCC1.[I-]. The molecule has 1 N–H and O–H groups in total. The van der Waals surface area contributed by atoms with Gasteiger partial charge in [-0.1, -0.05) is 46.9 Å². The summed E-state index contributed by atoms with van der Waals surface area (Å²) in [6, 6.07) is 12.6. The van der Waals surface area contributed by atoms with E-state index >= 15 is 0 Å². The van der Waals surface area contributed by atoms with Crippen LogP contribution in [0.3, 0.4) is 0 Å². The van der Waals surface area contributed by atoms with Gasteiger partial charge in [0.25, 0.3) is 0 Å². The Hall–Kier alpha value is -1.10. The van der Waals surface area contributed by atoms with Crippen LogP contribution in [0.5, 0.6) is 0 Å². The molecule has 1 unspecified atom stereocenters. The number of ether oxygens (including phenoxy) is 1. The predicted molar refractivity (Wildman–Crippen MR) is 120 cm³/mol. The fraction of sp³-hybridized carbons (Fsp3) is 0.333. The van der Waals surface area contributed by atoms with Gasteiger partial charge in [0.05, 0.1) is 37.0 Å². The molecule has 166 valence electrons. The highest BCUT2D eigenvalue weighted by Gasteiger charge is 2.36. The van der Waals surface area contributed by atoms with E-state index in [-0.39, 0.29) is 35.9 Å². The van der Waals surface area contributed by atoms with Gasteiger partial charge in [0.1, 0.15) is 18.8 Å². The average molecular weight is 596 g/mol. The number of hydrazone groups is 1. The Morgan fingerprint density at radius 2 is 1.74 bits per heavy atom. The maximum atomic E-state index is 13.1. The van der Waals surface area contributed by atoms with Crippen molar-refractivity contribution in [3.8, 4) is 0 Å². The first-order valence-corrected chi connectivity index (χ1v) is 10.8. The van der Waals surface area contributed by atoms with Crippen LogP contribution < -0.4 is 34.4 Å². The van der Waals surface area contributed by atoms with Gasteiger partial charge in [-0.05, 0) is 35.9 Å². The normalized spacial score (nSPS) is 20.1. The zero-order valence-electron chi connectivity index (χ0n) is 16.8. The van der Waals surface area contributed by atoms with Gasteiger partial charge in [-0.25, -0.2) is 4.59 Å². The van der Waals surface area contributed by atoms with Crippen molar-refractivity contribution in [2.24, 2.45) is 5.10 Å². The summed E-state index contributed by atoms with van der Waals surface area (Å²) in [5, 5.41) is 8.11. The molecule has 2 aromatic rings. The van der Waals surface area contributed by atoms with Crippen LogP contribution in [0, 0.1) is 0 Å². The number of nitrogens with one attached hydrogen (secondary N) is 1. The summed E-state index contributed by atoms with van der Waals surface area (Å²) in [7, 11) is 1.99. The largest absolute Gasteiger partial charge is 1.00 e. The van der Waals surface area contributed by atoms with Crippen LogP contribution in [0.1, 0.15) is 18.0 Å². The van der Waals surface area contributed by atoms with Crippen LogP contribution in [-0.2, 0) is 9.53 Å². The average Bonchev–Trinajstić information content (AvgIpc) is 3.14. The summed E-state index contributed by atoms with van der Waals surface area (Å²) in [5.74, 6) is -0.189. The molecule has 1 amide bonds. The third kappa shape index (κ3) is 5.64. The number of benzene rings is 2. The van der Waals surface area contributed by atoms with Crippen LogP contribution in [0.25, 0.3) is 0 Å². The monoisotopic (exact) mass is 594 g/mol. The molecular weight excluding hydrogens is 574 g/mol. The van der Waals surface area contributed by atoms with Gasteiger partial charge >= 0.3 is 5.91 Å². The Labute approximate surface area is 213 Å². The number of morpholine rings is 1. The fourth-order valence-corrected chi connectivity index (χ4v) is 4.27. The van der Waals surface area contributed by atoms with Crippen LogP contribution in [0.2, 0.25) is 15.1 Å². The molecule has 2 aromatic carbocycles. The minimum Gasteiger partial charge on any atom is -1.00 e. The minimum absolute atomic E-state index is 0. The Kier molecular flexibility index (Phi) is 8.10. The molecule has 2 aliphatic heterocycles. The second kappa shape index (κ2) is 10.2. The van der Waals surface area contributed by atoms with E-state index in [9.17, 15) is 4.79 Å². The first-order valence-electron chi connectivity index (χ1n) is 9.67. The molecule has 1 atom stereocenters. The standard InChI is InChI=1S/C21H21Cl3N4O2.HI/c1-28(8-10-30-11-9-28)26-21(29)18-13-20(14-2-4-15(22)5-3-14)27(25-18)19-7-6-16(23)12-17(19)24;/h2-7,12,20H,8-11,13H2,1H3;1H. The molecule has 31 heavy (non-hydrogen) atoms. The number of halogens is 4. The molecule has 1 fully saturated rings. The number of carbonyl (C=O) groups excluding carboxylic acids is 1. The molecule has 0 aromatic heterocycles. The maximum Gasteiger partial charge on any atom is 0.312 e. The molecular formula is C21H22Cl3IN4O2. The Bertz CT molecular complexity index is 981. The number of carbonyl (C=O) groups is 1. The van der Waals surface area contributed by atoms with Crippen molar-refractivity contribution in [2.45, 2.75) is 12.5 Å². The molecule has 2 heterocycles. The summed E-state index contributed by atoms with van der Waals surface area (Å²) in [6.07, 6.45) is 0.447. The molecule has 6 nitrogen and oxygen atoms in total. The molecule has 0 aliphatic carbocycles. The van der Waals surface area contributed by atoms with Crippen LogP contribution in [0.15, 0.2) is 47.6 Å². The molecule has 10 heteroatoms. The lowest BCUT2D eigenvalue weighted by Crippen LogP contribution is -3.00. The van der Waals surface area contributed by atoms with Crippen LogP contribution in [0.4, 0.5) is 5.69 Å². The summed E-state index contributed by atoms with van der Waals surface area (Å²) in [6.45, 7) is 2.66. The summed E-state index contributed by atoms with van der Waals surface area (Å²) in [5.41, 5.74) is 5.23. The van der Waals surface area contributed by atoms with Gasteiger partial charge in [0.15, 0.2) is 0 Å². The molecule has 0 spiro atoms. The second-order valence-corrected chi connectivity index (χ2v) is 8.93. The molecule has 1 saturated heterocycles. The topological polar surface area (TPSA) is 53.9 Å². The Morgan fingerprint density at radius 1 is 1.10 bits per heavy atom. The lowest BCUT2D eigenvalue weighted by molar-refractivity contribution is -0.949. The molecule has 4 rings (SSSR count). The lowest BCUT2D eigenvalue weighted by Gasteiger charge is -2.36. The van der Waals surface area contributed by atoms with Crippen molar-refractivity contribution in [1.82, 2.24) is 5.43 Å². The summed E-state index contributed by atoms with van der Waals surface area (Å²) < 4.78 is 5.83. The number of rotatable bonds is 4. The smallest absolute Gasteiger partial charge is 0.312 e. The molecule has 0 radical (unpaired) electrons. The van der Waals surface area contributed by atoms with Crippen molar-refractivity contribution >= 4 is 52.1 Å². The van der Waals surface area contributed by atoms with Crippen molar-refractivity contribution < 1.29 is 38.1 Å². The first kappa shape index (κ1) is 24.5. The fourth-order valence-electron chi connectivity index (χ4n) is 3.65. The van der Waals surface area contributed by atoms with Crippen LogP contribution >= 0.6 is 34.8 Å². The van der Waals surface area contributed by atoms with E-state index in [1.807, 2.05) is 37.4 Å². The molecule has 0 bridgehead atoms. The van der Waals surface area contributed by atoms with Gasteiger partial charge in [-0.2, -0.15) is 10.5 Å². The van der Waals surface area contributed by atoms with Crippen LogP contribution in [-0.4, -0.2) is 49.6 Å². The van der Waals surface area contributed by atoms with E-state index < -0.39 is 0 Å². The number of hydrogen-bond acceptors (Lipinski definition) is 4.